The number of nitrogens with two attached hydrogens (primary N) is 1. The fourth-order valence-electron chi connectivity index (χ4n) is 3.18. The second-order valence-electron chi connectivity index (χ2n) is 5.72. The quantitative estimate of drug-likeness (QED) is 0.846. The summed E-state index contributed by atoms with van der Waals surface area (Å²) >= 11 is 0. The number of rotatable bonds is 3. The van der Waals surface area contributed by atoms with Crippen molar-refractivity contribution in [3.05, 3.63) is 35.1 Å². The highest BCUT2D eigenvalue weighted by molar-refractivity contribution is 5.29. The first-order valence-corrected chi connectivity index (χ1v) is 7.13. The largest absolute Gasteiger partial charge is 0.324 e. The minimum atomic E-state index is -0.173. The summed E-state index contributed by atoms with van der Waals surface area (Å²) in [4.78, 5) is 0. The lowest BCUT2D eigenvalue weighted by atomic mass is 9.76. The topological polar surface area (TPSA) is 26.0 Å². The molecule has 0 saturated heterocycles. The Labute approximate surface area is 110 Å². The normalized spacial score (nSPS) is 26.0. The Kier molecular flexibility index (Phi) is 4.39. The van der Waals surface area contributed by atoms with Crippen LogP contribution in [0.2, 0.25) is 0 Å². The van der Waals surface area contributed by atoms with Crippen molar-refractivity contribution in [3.63, 3.8) is 0 Å². The van der Waals surface area contributed by atoms with E-state index < -0.39 is 0 Å². The van der Waals surface area contributed by atoms with Gasteiger partial charge in [-0.3, -0.25) is 0 Å². The van der Waals surface area contributed by atoms with Gasteiger partial charge in [0.2, 0.25) is 0 Å². The zero-order chi connectivity index (χ0) is 13.1. The first kappa shape index (κ1) is 13.5. The number of hydrogen-bond acceptors (Lipinski definition) is 1. The lowest BCUT2D eigenvalue weighted by Gasteiger charge is -2.32. The summed E-state index contributed by atoms with van der Waals surface area (Å²) < 4.78 is 13.3. The van der Waals surface area contributed by atoms with Crippen molar-refractivity contribution in [1.29, 1.82) is 0 Å². The van der Waals surface area contributed by atoms with Gasteiger partial charge in [0.25, 0.3) is 0 Å². The molecule has 1 nitrogen and oxygen atoms in total. The minimum absolute atomic E-state index is 0.00138. The van der Waals surface area contributed by atoms with Gasteiger partial charge in [-0.05, 0) is 54.9 Å². The molecule has 1 unspecified atom stereocenters. The van der Waals surface area contributed by atoms with Crippen molar-refractivity contribution in [2.75, 3.05) is 0 Å². The van der Waals surface area contributed by atoms with Gasteiger partial charge < -0.3 is 5.73 Å². The van der Waals surface area contributed by atoms with E-state index in [2.05, 4.69) is 6.92 Å². The van der Waals surface area contributed by atoms with Crippen LogP contribution in [-0.4, -0.2) is 0 Å². The maximum atomic E-state index is 13.3. The van der Waals surface area contributed by atoms with Crippen LogP contribution in [0.25, 0.3) is 0 Å². The Hall–Kier alpha value is -0.890. The maximum Gasteiger partial charge on any atom is 0.123 e. The van der Waals surface area contributed by atoms with Crippen molar-refractivity contribution >= 4 is 0 Å². The van der Waals surface area contributed by atoms with Gasteiger partial charge >= 0.3 is 0 Å². The molecule has 0 radical (unpaired) electrons. The molecule has 2 rings (SSSR count). The second kappa shape index (κ2) is 5.83. The van der Waals surface area contributed by atoms with E-state index in [1.165, 1.54) is 38.2 Å². The van der Waals surface area contributed by atoms with Gasteiger partial charge in [-0.15, -0.1) is 0 Å². The van der Waals surface area contributed by atoms with E-state index in [0.29, 0.717) is 5.92 Å². The van der Waals surface area contributed by atoms with Crippen LogP contribution < -0.4 is 5.73 Å². The lowest BCUT2D eigenvalue weighted by molar-refractivity contribution is 0.239. The number of aryl methyl sites for hydroxylation is 1. The smallest absolute Gasteiger partial charge is 0.123 e. The first-order valence-electron chi connectivity index (χ1n) is 7.13. The van der Waals surface area contributed by atoms with Gasteiger partial charge in [0, 0.05) is 6.04 Å². The van der Waals surface area contributed by atoms with E-state index in [0.717, 1.165) is 17.0 Å². The molecule has 0 amide bonds. The summed E-state index contributed by atoms with van der Waals surface area (Å²) in [7, 11) is 0. The summed E-state index contributed by atoms with van der Waals surface area (Å²) in [5.41, 5.74) is 8.47. The van der Waals surface area contributed by atoms with Crippen LogP contribution in [0.3, 0.4) is 0 Å². The predicted octanol–water partition coefficient (Wildman–Crippen LogP) is 4.35. The summed E-state index contributed by atoms with van der Waals surface area (Å²) in [6.45, 7) is 4.29. The van der Waals surface area contributed by atoms with Crippen LogP contribution in [-0.2, 0) is 0 Å². The summed E-state index contributed by atoms with van der Waals surface area (Å²) in [5.74, 6) is 1.23. The second-order valence-corrected chi connectivity index (χ2v) is 5.72. The molecule has 1 atom stereocenters. The third-order valence-corrected chi connectivity index (χ3v) is 4.58. The molecule has 1 aromatic carbocycles. The zero-order valence-corrected chi connectivity index (χ0v) is 11.5. The van der Waals surface area contributed by atoms with Crippen LogP contribution in [0.5, 0.6) is 0 Å². The molecule has 0 bridgehead atoms. The predicted molar refractivity (Wildman–Crippen MR) is 73.8 cm³/mol. The molecule has 0 aromatic heterocycles. The van der Waals surface area contributed by atoms with Gasteiger partial charge in [0.15, 0.2) is 0 Å². The van der Waals surface area contributed by atoms with Gasteiger partial charge in [0.05, 0.1) is 0 Å². The molecule has 1 aliphatic rings. The third kappa shape index (κ3) is 2.92. The summed E-state index contributed by atoms with van der Waals surface area (Å²) in [5, 5.41) is 0. The van der Waals surface area contributed by atoms with Gasteiger partial charge in [0.1, 0.15) is 5.82 Å². The van der Waals surface area contributed by atoms with Gasteiger partial charge in [-0.25, -0.2) is 4.39 Å². The molecule has 100 valence electrons. The molecule has 18 heavy (non-hydrogen) atoms. The molecule has 0 spiro atoms. The molecule has 0 heterocycles. The molecule has 2 N–H and O–H groups in total. The Balaban J connectivity index is 2.07. The number of benzene rings is 1. The molecule has 1 aliphatic carbocycles. The van der Waals surface area contributed by atoms with Crippen molar-refractivity contribution in [2.24, 2.45) is 17.6 Å². The Morgan fingerprint density at radius 2 is 1.94 bits per heavy atom. The van der Waals surface area contributed by atoms with Gasteiger partial charge in [-0.1, -0.05) is 32.3 Å². The van der Waals surface area contributed by atoms with E-state index >= 15 is 0 Å². The Bertz CT molecular complexity index is 394. The molecule has 1 saturated carbocycles. The Morgan fingerprint density at radius 1 is 1.28 bits per heavy atom. The molecule has 1 aromatic rings. The zero-order valence-electron chi connectivity index (χ0n) is 11.5. The molecular weight excluding hydrogens is 225 g/mol. The number of halogens is 1. The highest BCUT2D eigenvalue weighted by Crippen LogP contribution is 2.37. The van der Waals surface area contributed by atoms with Crippen LogP contribution in [0, 0.1) is 24.6 Å². The molecule has 2 heteroatoms. The monoisotopic (exact) mass is 249 g/mol. The van der Waals surface area contributed by atoms with E-state index in [-0.39, 0.29) is 11.9 Å². The maximum absolute atomic E-state index is 13.3. The Morgan fingerprint density at radius 3 is 2.56 bits per heavy atom. The fraction of sp³-hybridized carbons (Fsp3) is 0.625. The highest BCUT2D eigenvalue weighted by Gasteiger charge is 2.26. The van der Waals surface area contributed by atoms with E-state index in [1.54, 1.807) is 6.07 Å². The first-order chi connectivity index (χ1) is 8.61. The lowest BCUT2D eigenvalue weighted by Crippen LogP contribution is -2.26. The van der Waals surface area contributed by atoms with Crippen molar-refractivity contribution in [3.8, 4) is 0 Å². The van der Waals surface area contributed by atoms with Crippen molar-refractivity contribution in [2.45, 2.75) is 52.0 Å². The van der Waals surface area contributed by atoms with Crippen molar-refractivity contribution in [1.82, 2.24) is 0 Å². The molecule has 1 fully saturated rings. The minimum Gasteiger partial charge on any atom is -0.324 e. The van der Waals surface area contributed by atoms with E-state index in [4.69, 9.17) is 5.73 Å². The summed E-state index contributed by atoms with van der Waals surface area (Å²) in [6.07, 6.45) is 6.22. The third-order valence-electron chi connectivity index (χ3n) is 4.58. The van der Waals surface area contributed by atoms with Crippen LogP contribution >= 0.6 is 0 Å². The van der Waals surface area contributed by atoms with Crippen LogP contribution in [0.15, 0.2) is 18.2 Å². The highest BCUT2D eigenvalue weighted by atomic mass is 19.1. The molecular formula is C16H24FN. The van der Waals surface area contributed by atoms with E-state index in [1.807, 2.05) is 13.0 Å². The average molecular weight is 249 g/mol. The molecule has 0 aliphatic heterocycles. The van der Waals surface area contributed by atoms with Crippen LogP contribution in [0.4, 0.5) is 4.39 Å². The van der Waals surface area contributed by atoms with Crippen LogP contribution in [0.1, 0.15) is 56.2 Å². The summed E-state index contributed by atoms with van der Waals surface area (Å²) in [6, 6.07) is 4.96. The van der Waals surface area contributed by atoms with Gasteiger partial charge in [-0.2, -0.15) is 0 Å². The SMILES string of the molecule is CCC1CCC(C(N)c2cc(F)ccc2C)CC1. The average Bonchev–Trinajstić information content (AvgIpc) is 2.41. The van der Waals surface area contributed by atoms with Crippen molar-refractivity contribution < 1.29 is 4.39 Å². The standard InChI is InChI=1S/C16H24FN/c1-3-12-5-7-13(8-6-12)16(18)15-10-14(17)9-4-11(15)2/h4,9-10,12-13,16H,3,5-8,18H2,1-2H3. The fourth-order valence-corrected chi connectivity index (χ4v) is 3.18. The van der Waals surface area contributed by atoms with E-state index in [9.17, 15) is 4.39 Å². The number of hydrogen-bond donors (Lipinski definition) is 1.